The molecule has 58 valence electrons. The minimum absolute atomic E-state index is 0.534. The lowest BCUT2D eigenvalue weighted by molar-refractivity contribution is 1.26. The van der Waals surface area contributed by atoms with Gasteiger partial charge in [0.05, 0.1) is 5.02 Å². The van der Waals surface area contributed by atoms with Gasteiger partial charge < -0.3 is 5.73 Å². The van der Waals surface area contributed by atoms with Crippen molar-refractivity contribution in [3.63, 3.8) is 0 Å². The highest BCUT2D eigenvalue weighted by Gasteiger charge is 1.88. The van der Waals surface area contributed by atoms with Gasteiger partial charge in [-0.25, -0.2) is 0 Å². The van der Waals surface area contributed by atoms with Crippen LogP contribution in [0.5, 0.6) is 0 Å². The number of hydrogen-bond acceptors (Lipinski definition) is 2. The number of hydrogen-bond donors (Lipinski definition) is 1. The lowest BCUT2D eigenvalue weighted by atomic mass is 10.2. The summed E-state index contributed by atoms with van der Waals surface area (Å²) in [6.07, 6.45) is 7.08. The Bertz CT molecular complexity index is 258. The normalized spacial score (nSPS) is 10.7. The van der Waals surface area contributed by atoms with Crippen molar-refractivity contribution in [2.75, 3.05) is 6.54 Å². The Morgan fingerprint density at radius 1 is 1.55 bits per heavy atom. The third kappa shape index (κ3) is 2.70. The molecule has 0 bridgehead atoms. The minimum Gasteiger partial charge on any atom is -0.327 e. The summed E-state index contributed by atoms with van der Waals surface area (Å²) >= 11 is 5.70. The second kappa shape index (κ2) is 4.11. The largest absolute Gasteiger partial charge is 0.327 e. The highest BCUT2D eigenvalue weighted by Crippen LogP contribution is 2.09. The minimum atomic E-state index is 0.534. The SMILES string of the molecule is NCC=Cc1cncc(Cl)c1. The van der Waals surface area contributed by atoms with Gasteiger partial charge in [0.2, 0.25) is 0 Å². The van der Waals surface area contributed by atoms with Crippen LogP contribution in [0.15, 0.2) is 24.5 Å². The summed E-state index contributed by atoms with van der Waals surface area (Å²) in [7, 11) is 0. The van der Waals surface area contributed by atoms with E-state index >= 15 is 0 Å². The molecule has 3 heteroatoms. The molecule has 2 N–H and O–H groups in total. The molecule has 0 unspecified atom stereocenters. The summed E-state index contributed by atoms with van der Waals surface area (Å²) in [5.41, 5.74) is 6.25. The summed E-state index contributed by atoms with van der Waals surface area (Å²) in [4.78, 5) is 3.91. The summed E-state index contributed by atoms with van der Waals surface area (Å²) in [6, 6.07) is 1.83. The highest BCUT2D eigenvalue weighted by atomic mass is 35.5. The van der Waals surface area contributed by atoms with Crippen LogP contribution >= 0.6 is 11.6 Å². The van der Waals surface area contributed by atoms with Crippen LogP contribution in [0.3, 0.4) is 0 Å². The van der Waals surface area contributed by atoms with Gasteiger partial charge >= 0.3 is 0 Å². The molecule has 0 radical (unpaired) electrons. The van der Waals surface area contributed by atoms with Crippen molar-refractivity contribution in [1.82, 2.24) is 4.98 Å². The summed E-state index contributed by atoms with van der Waals surface area (Å²) in [5.74, 6) is 0. The van der Waals surface area contributed by atoms with Gasteiger partial charge in [0.25, 0.3) is 0 Å². The van der Waals surface area contributed by atoms with Crippen LogP contribution in [0.1, 0.15) is 5.56 Å². The monoisotopic (exact) mass is 168 g/mol. The number of halogens is 1. The molecular weight excluding hydrogens is 160 g/mol. The lowest BCUT2D eigenvalue weighted by Gasteiger charge is -1.91. The zero-order chi connectivity index (χ0) is 8.10. The van der Waals surface area contributed by atoms with Crippen molar-refractivity contribution >= 4 is 17.7 Å². The predicted octanol–water partition coefficient (Wildman–Crippen LogP) is 1.71. The standard InChI is InChI=1S/C8H9ClN2/c9-8-4-7(2-1-3-10)5-11-6-8/h1-2,4-6H,3,10H2. The molecule has 0 spiro atoms. The second-order valence-corrected chi connectivity index (χ2v) is 2.51. The number of aromatic nitrogens is 1. The van der Waals surface area contributed by atoms with Crippen molar-refractivity contribution in [2.45, 2.75) is 0 Å². The Hall–Kier alpha value is -0.860. The average molecular weight is 169 g/mol. The fourth-order valence-electron chi connectivity index (χ4n) is 0.724. The van der Waals surface area contributed by atoms with Crippen LogP contribution in [0, 0.1) is 0 Å². The first-order valence-electron chi connectivity index (χ1n) is 3.30. The maximum Gasteiger partial charge on any atom is 0.0595 e. The molecule has 1 aromatic rings. The molecule has 0 aliphatic carbocycles. The third-order valence-electron chi connectivity index (χ3n) is 1.17. The van der Waals surface area contributed by atoms with Gasteiger partial charge in [-0.1, -0.05) is 23.8 Å². The molecule has 0 saturated carbocycles. The third-order valence-corrected chi connectivity index (χ3v) is 1.38. The number of rotatable bonds is 2. The quantitative estimate of drug-likeness (QED) is 0.730. The number of nitrogens with zero attached hydrogens (tertiary/aromatic N) is 1. The average Bonchev–Trinajstić information content (AvgIpc) is 2.01. The van der Waals surface area contributed by atoms with E-state index in [0.29, 0.717) is 11.6 Å². The Labute approximate surface area is 70.7 Å². The molecule has 0 saturated heterocycles. The van der Waals surface area contributed by atoms with Crippen LogP contribution < -0.4 is 5.73 Å². The molecule has 0 atom stereocenters. The first-order valence-corrected chi connectivity index (χ1v) is 3.68. The van der Waals surface area contributed by atoms with Gasteiger partial charge in [-0.15, -0.1) is 0 Å². The number of nitrogens with two attached hydrogens (primary N) is 1. The van der Waals surface area contributed by atoms with E-state index < -0.39 is 0 Å². The molecule has 11 heavy (non-hydrogen) atoms. The van der Waals surface area contributed by atoms with Gasteiger partial charge in [0.1, 0.15) is 0 Å². The van der Waals surface area contributed by atoms with E-state index in [1.807, 2.05) is 18.2 Å². The van der Waals surface area contributed by atoms with Crippen molar-refractivity contribution < 1.29 is 0 Å². The molecular formula is C8H9ClN2. The summed E-state index contributed by atoms with van der Waals surface area (Å²) in [5, 5.41) is 0.643. The Kier molecular flexibility index (Phi) is 3.08. The van der Waals surface area contributed by atoms with E-state index in [4.69, 9.17) is 17.3 Å². The topological polar surface area (TPSA) is 38.9 Å². The fraction of sp³-hybridized carbons (Fsp3) is 0.125. The van der Waals surface area contributed by atoms with E-state index in [9.17, 15) is 0 Å². The fourth-order valence-corrected chi connectivity index (χ4v) is 0.906. The molecule has 2 nitrogen and oxygen atoms in total. The zero-order valence-corrected chi connectivity index (χ0v) is 6.75. The summed E-state index contributed by atoms with van der Waals surface area (Å²) in [6.45, 7) is 0.534. The van der Waals surface area contributed by atoms with Crippen LogP contribution in [-0.2, 0) is 0 Å². The highest BCUT2D eigenvalue weighted by molar-refractivity contribution is 6.30. The predicted molar refractivity (Wildman–Crippen MR) is 47.3 cm³/mol. The van der Waals surface area contributed by atoms with E-state index in [2.05, 4.69) is 4.98 Å². The first kappa shape index (κ1) is 8.24. The Morgan fingerprint density at radius 3 is 3.00 bits per heavy atom. The zero-order valence-electron chi connectivity index (χ0n) is 6.00. The maximum absolute atomic E-state index is 5.70. The molecule has 0 aromatic carbocycles. The van der Waals surface area contributed by atoms with Crippen LogP contribution in [0.4, 0.5) is 0 Å². The molecule has 0 aliphatic rings. The van der Waals surface area contributed by atoms with Crippen LogP contribution in [0.2, 0.25) is 5.02 Å². The first-order chi connectivity index (χ1) is 5.33. The smallest absolute Gasteiger partial charge is 0.0595 e. The molecule has 0 aliphatic heterocycles. The van der Waals surface area contributed by atoms with Crippen molar-refractivity contribution in [3.05, 3.63) is 35.1 Å². The van der Waals surface area contributed by atoms with E-state index in [0.717, 1.165) is 5.56 Å². The Morgan fingerprint density at radius 2 is 2.36 bits per heavy atom. The van der Waals surface area contributed by atoms with Crippen LogP contribution in [0.25, 0.3) is 6.08 Å². The molecule has 1 rings (SSSR count). The van der Waals surface area contributed by atoms with Gasteiger partial charge in [0, 0.05) is 18.9 Å². The van der Waals surface area contributed by atoms with E-state index in [1.165, 1.54) is 0 Å². The van der Waals surface area contributed by atoms with Crippen LogP contribution in [-0.4, -0.2) is 11.5 Å². The molecule has 1 aromatic heterocycles. The van der Waals surface area contributed by atoms with Crippen molar-refractivity contribution in [2.24, 2.45) is 5.73 Å². The van der Waals surface area contributed by atoms with Gasteiger partial charge in [-0.05, 0) is 11.6 Å². The Balaban J connectivity index is 2.79. The molecule has 1 heterocycles. The maximum atomic E-state index is 5.70. The lowest BCUT2D eigenvalue weighted by Crippen LogP contribution is -1.91. The van der Waals surface area contributed by atoms with E-state index in [-0.39, 0.29) is 0 Å². The molecule has 0 amide bonds. The summed E-state index contributed by atoms with van der Waals surface area (Å²) < 4.78 is 0. The van der Waals surface area contributed by atoms with Crippen molar-refractivity contribution in [3.8, 4) is 0 Å². The van der Waals surface area contributed by atoms with Gasteiger partial charge in [-0.2, -0.15) is 0 Å². The van der Waals surface area contributed by atoms with Gasteiger partial charge in [0.15, 0.2) is 0 Å². The van der Waals surface area contributed by atoms with Crippen molar-refractivity contribution in [1.29, 1.82) is 0 Å². The second-order valence-electron chi connectivity index (χ2n) is 2.07. The number of pyridine rings is 1. The molecule has 0 fully saturated rings. The van der Waals surface area contributed by atoms with E-state index in [1.54, 1.807) is 12.4 Å². The van der Waals surface area contributed by atoms with Gasteiger partial charge in [-0.3, -0.25) is 4.98 Å².